The highest BCUT2D eigenvalue weighted by Gasteiger charge is 2.13. The molecule has 2 N–H and O–H groups in total. The molecule has 0 aliphatic carbocycles. The molecule has 0 atom stereocenters. The maximum Gasteiger partial charge on any atom is 0.203 e. The summed E-state index contributed by atoms with van der Waals surface area (Å²) < 4.78 is 0. The molecular weight excluding hydrogens is 152 g/mol. The standard InChI is InChI=1S/C9H10N2O/c12-9-6-7-10-11(9)8-4-2-1-3-5-8/h1-6,10,12H,7H2. The Balaban J connectivity index is 2.27. The summed E-state index contributed by atoms with van der Waals surface area (Å²) in [4.78, 5) is 0. The van der Waals surface area contributed by atoms with E-state index in [9.17, 15) is 5.11 Å². The molecule has 12 heavy (non-hydrogen) atoms. The quantitative estimate of drug-likeness (QED) is 0.655. The van der Waals surface area contributed by atoms with Crippen molar-refractivity contribution in [2.45, 2.75) is 0 Å². The molecule has 1 aliphatic heterocycles. The summed E-state index contributed by atoms with van der Waals surface area (Å²) in [6, 6.07) is 9.68. The van der Waals surface area contributed by atoms with Crippen LogP contribution in [0.5, 0.6) is 0 Å². The molecule has 0 saturated carbocycles. The summed E-state index contributed by atoms with van der Waals surface area (Å²) in [5, 5.41) is 11.0. The van der Waals surface area contributed by atoms with E-state index in [1.807, 2.05) is 30.3 Å². The van der Waals surface area contributed by atoms with Crippen molar-refractivity contribution in [2.75, 3.05) is 11.6 Å². The highest BCUT2D eigenvalue weighted by molar-refractivity contribution is 5.50. The highest BCUT2D eigenvalue weighted by atomic mass is 16.3. The number of hydrogen-bond donors (Lipinski definition) is 2. The van der Waals surface area contributed by atoms with E-state index < -0.39 is 0 Å². The third-order valence-electron chi connectivity index (χ3n) is 1.78. The van der Waals surface area contributed by atoms with Crippen LogP contribution in [0.2, 0.25) is 0 Å². The van der Waals surface area contributed by atoms with Crippen LogP contribution in [0, 0.1) is 0 Å². The van der Waals surface area contributed by atoms with Gasteiger partial charge >= 0.3 is 0 Å². The minimum absolute atomic E-state index is 0.265. The van der Waals surface area contributed by atoms with E-state index in [0.717, 1.165) is 5.69 Å². The van der Waals surface area contributed by atoms with Gasteiger partial charge in [-0.05, 0) is 18.2 Å². The molecule has 0 spiro atoms. The number of benzene rings is 1. The van der Waals surface area contributed by atoms with E-state index in [0.29, 0.717) is 6.54 Å². The second-order valence-corrected chi connectivity index (χ2v) is 2.60. The van der Waals surface area contributed by atoms with Crippen LogP contribution >= 0.6 is 0 Å². The third-order valence-corrected chi connectivity index (χ3v) is 1.78. The number of hydrazine groups is 1. The number of nitrogens with one attached hydrogen (secondary N) is 1. The van der Waals surface area contributed by atoms with Gasteiger partial charge in [0, 0.05) is 6.54 Å². The van der Waals surface area contributed by atoms with Gasteiger partial charge in [0.1, 0.15) is 0 Å². The van der Waals surface area contributed by atoms with Gasteiger partial charge in [0.05, 0.1) is 5.69 Å². The second-order valence-electron chi connectivity index (χ2n) is 2.60. The zero-order valence-corrected chi connectivity index (χ0v) is 6.57. The Morgan fingerprint density at radius 2 is 2.00 bits per heavy atom. The van der Waals surface area contributed by atoms with Crippen molar-refractivity contribution >= 4 is 5.69 Å². The highest BCUT2D eigenvalue weighted by Crippen LogP contribution is 2.16. The van der Waals surface area contributed by atoms with Crippen molar-refractivity contribution in [2.24, 2.45) is 0 Å². The molecule has 62 valence electrons. The lowest BCUT2D eigenvalue weighted by atomic mass is 10.3. The summed E-state index contributed by atoms with van der Waals surface area (Å²) in [5.41, 5.74) is 3.96. The number of aliphatic hydroxyl groups is 1. The first kappa shape index (κ1) is 7.18. The molecule has 0 radical (unpaired) electrons. The lowest BCUT2D eigenvalue weighted by molar-refractivity contribution is 0.390. The van der Waals surface area contributed by atoms with Gasteiger partial charge in [0.2, 0.25) is 5.88 Å². The molecule has 1 heterocycles. The molecule has 0 bridgehead atoms. The summed E-state index contributed by atoms with van der Waals surface area (Å²) in [7, 11) is 0. The Labute approximate surface area is 70.9 Å². The molecular formula is C9H10N2O. The van der Waals surface area contributed by atoms with Gasteiger partial charge < -0.3 is 5.11 Å². The lowest BCUT2D eigenvalue weighted by Gasteiger charge is -2.17. The first-order valence-corrected chi connectivity index (χ1v) is 3.86. The predicted octanol–water partition coefficient (Wildman–Crippen LogP) is 1.41. The Bertz CT molecular complexity index is 295. The van der Waals surface area contributed by atoms with Gasteiger partial charge in [-0.3, -0.25) is 0 Å². The molecule has 1 aliphatic rings. The molecule has 0 amide bonds. The zero-order valence-electron chi connectivity index (χ0n) is 6.57. The van der Waals surface area contributed by atoms with Crippen LogP contribution in [0.25, 0.3) is 0 Å². The van der Waals surface area contributed by atoms with Crippen molar-refractivity contribution in [3.8, 4) is 0 Å². The Morgan fingerprint density at radius 1 is 1.25 bits per heavy atom. The van der Waals surface area contributed by atoms with Crippen molar-refractivity contribution in [1.29, 1.82) is 0 Å². The largest absolute Gasteiger partial charge is 0.494 e. The first-order valence-electron chi connectivity index (χ1n) is 3.86. The molecule has 1 aromatic rings. The van der Waals surface area contributed by atoms with Crippen LogP contribution in [-0.4, -0.2) is 11.7 Å². The van der Waals surface area contributed by atoms with Crippen LogP contribution in [0.1, 0.15) is 0 Å². The lowest BCUT2D eigenvalue weighted by Crippen LogP contribution is -2.31. The number of nitrogens with zero attached hydrogens (tertiary/aromatic N) is 1. The predicted molar refractivity (Wildman–Crippen MR) is 47.6 cm³/mol. The van der Waals surface area contributed by atoms with E-state index in [-0.39, 0.29) is 5.88 Å². The van der Waals surface area contributed by atoms with Crippen molar-refractivity contribution in [3.63, 3.8) is 0 Å². The fourth-order valence-corrected chi connectivity index (χ4v) is 1.20. The average Bonchev–Trinajstić information content (AvgIpc) is 2.53. The monoisotopic (exact) mass is 162 g/mol. The van der Waals surface area contributed by atoms with Crippen LogP contribution in [0.4, 0.5) is 5.69 Å². The minimum Gasteiger partial charge on any atom is -0.494 e. The molecule has 0 saturated heterocycles. The van der Waals surface area contributed by atoms with E-state index in [1.165, 1.54) is 0 Å². The first-order chi connectivity index (χ1) is 5.88. The molecule has 2 rings (SSSR count). The van der Waals surface area contributed by atoms with E-state index in [1.54, 1.807) is 11.1 Å². The van der Waals surface area contributed by atoms with E-state index >= 15 is 0 Å². The molecule has 3 heteroatoms. The van der Waals surface area contributed by atoms with Crippen molar-refractivity contribution < 1.29 is 5.11 Å². The van der Waals surface area contributed by atoms with Gasteiger partial charge in [0.25, 0.3) is 0 Å². The number of anilines is 1. The van der Waals surface area contributed by atoms with Gasteiger partial charge in [-0.2, -0.15) is 0 Å². The average molecular weight is 162 g/mol. The van der Waals surface area contributed by atoms with Crippen molar-refractivity contribution in [3.05, 3.63) is 42.3 Å². The van der Waals surface area contributed by atoms with Crippen molar-refractivity contribution in [1.82, 2.24) is 5.43 Å². The molecule has 3 nitrogen and oxygen atoms in total. The SMILES string of the molecule is OC1=CCNN1c1ccccc1. The maximum absolute atomic E-state index is 9.37. The van der Waals surface area contributed by atoms with Gasteiger partial charge in [-0.15, -0.1) is 0 Å². The summed E-state index contributed by atoms with van der Waals surface area (Å²) >= 11 is 0. The van der Waals surface area contributed by atoms with Crippen LogP contribution in [0.15, 0.2) is 42.3 Å². The molecule has 0 fully saturated rings. The number of rotatable bonds is 1. The number of para-hydroxylation sites is 1. The molecule has 0 aromatic heterocycles. The van der Waals surface area contributed by atoms with Crippen LogP contribution in [-0.2, 0) is 0 Å². The van der Waals surface area contributed by atoms with E-state index in [2.05, 4.69) is 5.43 Å². The summed E-state index contributed by atoms with van der Waals surface area (Å²) in [5.74, 6) is 0.265. The molecule has 0 unspecified atom stereocenters. The maximum atomic E-state index is 9.37. The summed E-state index contributed by atoms with van der Waals surface area (Å²) in [6.07, 6.45) is 1.73. The van der Waals surface area contributed by atoms with Gasteiger partial charge in [-0.25, -0.2) is 10.4 Å². The number of aliphatic hydroxyl groups excluding tert-OH is 1. The zero-order chi connectivity index (χ0) is 8.39. The minimum atomic E-state index is 0.265. The Morgan fingerprint density at radius 3 is 2.58 bits per heavy atom. The van der Waals surface area contributed by atoms with Gasteiger partial charge in [0.15, 0.2) is 0 Å². The smallest absolute Gasteiger partial charge is 0.203 e. The normalized spacial score (nSPS) is 16.3. The molecule has 1 aromatic carbocycles. The fraction of sp³-hybridized carbons (Fsp3) is 0.111. The number of hydrogen-bond acceptors (Lipinski definition) is 3. The van der Waals surface area contributed by atoms with Gasteiger partial charge in [-0.1, -0.05) is 18.2 Å². The fourth-order valence-electron chi connectivity index (χ4n) is 1.20. The Kier molecular flexibility index (Phi) is 1.72. The van der Waals surface area contributed by atoms with Crippen LogP contribution in [0.3, 0.4) is 0 Å². The van der Waals surface area contributed by atoms with E-state index in [4.69, 9.17) is 0 Å². The third kappa shape index (κ3) is 1.14. The van der Waals surface area contributed by atoms with Crippen LogP contribution < -0.4 is 10.4 Å². The summed E-state index contributed by atoms with van der Waals surface area (Å²) in [6.45, 7) is 0.681. The second kappa shape index (κ2) is 2.87. The Hall–Kier alpha value is -1.48. The topological polar surface area (TPSA) is 35.5 Å².